The zero-order valence-electron chi connectivity index (χ0n) is 26.9. The van der Waals surface area contributed by atoms with Crippen molar-refractivity contribution < 1.29 is 46.5 Å². The number of halogens is 4. The maximum Gasteiger partial charge on any atom is 0.490 e. The molecule has 16 heteroatoms. The number of aliphatic carboxylic acids is 1. The molecule has 264 valence electrons. The summed E-state index contributed by atoms with van der Waals surface area (Å²) in [6.45, 7) is 2.88. The zero-order valence-corrected chi connectivity index (χ0v) is 26.9. The number of hydrogen-bond donors (Lipinski definition) is 2. The van der Waals surface area contributed by atoms with E-state index in [1.165, 1.54) is 11.0 Å². The van der Waals surface area contributed by atoms with E-state index >= 15 is 4.39 Å². The van der Waals surface area contributed by atoms with E-state index in [0.29, 0.717) is 28.2 Å². The number of benzene rings is 1. The van der Waals surface area contributed by atoms with Crippen molar-refractivity contribution in [3.05, 3.63) is 95.9 Å². The van der Waals surface area contributed by atoms with Gasteiger partial charge in [-0.1, -0.05) is 6.07 Å². The second-order valence-corrected chi connectivity index (χ2v) is 12.0. The zero-order chi connectivity index (χ0) is 36.3. The van der Waals surface area contributed by atoms with Crippen molar-refractivity contribution in [1.29, 1.82) is 0 Å². The van der Waals surface area contributed by atoms with Crippen molar-refractivity contribution >= 4 is 41.4 Å². The highest BCUT2D eigenvalue weighted by Crippen LogP contribution is 2.33. The Bertz CT molecular complexity index is 1950. The Morgan fingerprint density at radius 1 is 1.18 bits per heavy atom. The number of alkyl halides is 3. The van der Waals surface area contributed by atoms with Gasteiger partial charge in [-0.05, 0) is 81.0 Å². The molecule has 51 heavy (non-hydrogen) atoms. The maximum absolute atomic E-state index is 15.3. The van der Waals surface area contributed by atoms with Gasteiger partial charge in [-0.15, -0.1) is 0 Å². The molecule has 3 atom stereocenters. The average Bonchev–Trinajstić information content (AvgIpc) is 3.94. The minimum atomic E-state index is -5.08. The number of aromatic nitrogens is 1. The molecule has 0 aliphatic carbocycles. The molecule has 0 bridgehead atoms. The fourth-order valence-corrected chi connectivity index (χ4v) is 5.84. The molecule has 1 aromatic heterocycles. The SMILES string of the molecule is CC1(C2=NC=CC2=C2C=CC=N2)C=CC(c2ccc(-c3ccc(N4C[C@H](COC(=O)[C@@H]5CCCN5)OC4=O)cc3F)cn2)=N1.O=C(O)C(F)(F)F. The number of amides is 1. The van der Waals surface area contributed by atoms with Crippen LogP contribution in [0, 0.1) is 5.82 Å². The highest BCUT2D eigenvalue weighted by atomic mass is 19.4. The van der Waals surface area contributed by atoms with Crippen LogP contribution in [0.1, 0.15) is 25.5 Å². The number of cyclic esters (lactones) is 1. The van der Waals surface area contributed by atoms with Crippen LogP contribution in [0.25, 0.3) is 11.1 Å². The van der Waals surface area contributed by atoms with Crippen molar-refractivity contribution in [2.45, 2.75) is 43.6 Å². The molecule has 0 radical (unpaired) electrons. The van der Waals surface area contributed by atoms with E-state index in [4.69, 9.17) is 24.4 Å². The Balaban J connectivity index is 0.000000582. The van der Waals surface area contributed by atoms with Gasteiger partial charge in [0.05, 0.1) is 35.0 Å². The summed E-state index contributed by atoms with van der Waals surface area (Å²) in [5.41, 5.74) is 4.58. The molecule has 0 spiro atoms. The Kier molecular flexibility index (Phi) is 9.78. The molecule has 1 aromatic carbocycles. The summed E-state index contributed by atoms with van der Waals surface area (Å²) >= 11 is 0. The first-order valence-corrected chi connectivity index (χ1v) is 15.8. The van der Waals surface area contributed by atoms with E-state index in [2.05, 4.69) is 20.3 Å². The number of anilines is 1. The molecule has 12 nitrogen and oxygen atoms in total. The first-order valence-electron chi connectivity index (χ1n) is 15.8. The molecule has 2 N–H and O–H groups in total. The number of nitrogens with one attached hydrogen (secondary N) is 1. The molecule has 6 heterocycles. The van der Waals surface area contributed by atoms with Gasteiger partial charge in [0.2, 0.25) is 0 Å². The van der Waals surface area contributed by atoms with Crippen molar-refractivity contribution in [2.24, 2.45) is 15.0 Å². The maximum atomic E-state index is 15.3. The average molecular weight is 707 g/mol. The Morgan fingerprint density at radius 3 is 2.63 bits per heavy atom. The third-order valence-electron chi connectivity index (χ3n) is 8.40. The monoisotopic (exact) mass is 706 g/mol. The molecular formula is C35H30F4N6O6. The lowest BCUT2D eigenvalue weighted by Crippen LogP contribution is -2.35. The fraction of sp³-hybridized carbons (Fsp3) is 0.286. The van der Waals surface area contributed by atoms with Crippen molar-refractivity contribution in [1.82, 2.24) is 10.3 Å². The normalized spacial score (nSPS) is 24.8. The van der Waals surface area contributed by atoms with Crippen LogP contribution in [-0.2, 0) is 19.1 Å². The minimum Gasteiger partial charge on any atom is -0.475 e. The van der Waals surface area contributed by atoms with Crippen LogP contribution < -0.4 is 10.2 Å². The molecule has 2 fully saturated rings. The topological polar surface area (TPSA) is 155 Å². The summed E-state index contributed by atoms with van der Waals surface area (Å²) in [5.74, 6) is -3.61. The predicted molar refractivity (Wildman–Crippen MR) is 178 cm³/mol. The first-order chi connectivity index (χ1) is 24.3. The van der Waals surface area contributed by atoms with E-state index in [-0.39, 0.29) is 25.2 Å². The van der Waals surface area contributed by atoms with Crippen LogP contribution in [0.5, 0.6) is 0 Å². The lowest BCUT2D eigenvalue weighted by atomic mass is 9.91. The lowest BCUT2D eigenvalue weighted by Gasteiger charge is -2.20. The first kappa shape index (κ1) is 35.1. The van der Waals surface area contributed by atoms with Crippen molar-refractivity contribution in [3.8, 4) is 11.1 Å². The molecular weight excluding hydrogens is 676 g/mol. The Hall–Kier alpha value is -5.77. The third kappa shape index (κ3) is 7.70. The van der Waals surface area contributed by atoms with Crippen LogP contribution in [0.2, 0.25) is 0 Å². The number of aliphatic imine (C=N–C) groups is 3. The summed E-state index contributed by atoms with van der Waals surface area (Å²) in [6.07, 6.45) is 10.1. The number of carbonyl (C=O) groups excluding carboxylic acids is 2. The second-order valence-electron chi connectivity index (χ2n) is 12.0. The van der Waals surface area contributed by atoms with E-state index in [1.807, 2.05) is 37.3 Å². The number of allylic oxidation sites excluding steroid dienone is 4. The summed E-state index contributed by atoms with van der Waals surface area (Å²) in [4.78, 5) is 53.4. The number of carboxylic acids is 1. The van der Waals surface area contributed by atoms with Gasteiger partial charge < -0.3 is 19.9 Å². The largest absolute Gasteiger partial charge is 0.490 e. The molecule has 5 aliphatic rings. The second kappa shape index (κ2) is 14.2. The number of pyridine rings is 1. The van der Waals surface area contributed by atoms with E-state index in [1.54, 1.807) is 42.9 Å². The molecule has 0 saturated carbocycles. The van der Waals surface area contributed by atoms with Crippen LogP contribution in [0.3, 0.4) is 0 Å². The summed E-state index contributed by atoms with van der Waals surface area (Å²) in [6, 6.07) is 7.84. The Labute approximate surface area is 288 Å². The lowest BCUT2D eigenvalue weighted by molar-refractivity contribution is -0.192. The van der Waals surface area contributed by atoms with Gasteiger partial charge in [-0.25, -0.2) is 14.0 Å². The van der Waals surface area contributed by atoms with Crippen molar-refractivity contribution in [3.63, 3.8) is 0 Å². The standard InChI is InChI=1S/C33H29FN6O4.C2HF3O2/c1-33(30-24(11-15-37-30)26-4-2-13-35-26)12-10-28(39-33)27-9-6-20(17-38-27)23-8-7-21(16-25(23)34)40-18-22(44-32(40)42)19-43-31(41)29-5-3-14-36-29;3-2(4,5)1(6)7/h2,4,6-13,15-17,22,29,36H,3,5,14,18-19H2,1H3;(H,6,7)/t22-,29+,33?;/m1./s1. The quantitative estimate of drug-likeness (QED) is 0.297. The van der Waals surface area contributed by atoms with Gasteiger partial charge in [-0.3, -0.25) is 29.7 Å². The van der Waals surface area contributed by atoms with Crippen LogP contribution in [0.4, 0.5) is 28.0 Å². The number of ether oxygens (including phenoxy) is 2. The number of esters is 1. The van der Waals surface area contributed by atoms with Gasteiger partial charge in [0.15, 0.2) is 6.10 Å². The molecule has 2 aromatic rings. The number of nitrogens with zero attached hydrogens (tertiary/aromatic N) is 5. The highest BCUT2D eigenvalue weighted by Gasteiger charge is 2.39. The molecule has 5 aliphatic heterocycles. The van der Waals surface area contributed by atoms with Gasteiger partial charge in [0, 0.05) is 35.3 Å². The molecule has 1 amide bonds. The molecule has 1 unspecified atom stereocenters. The van der Waals surface area contributed by atoms with Crippen LogP contribution in [-0.4, -0.2) is 89.3 Å². The van der Waals surface area contributed by atoms with Crippen LogP contribution >= 0.6 is 0 Å². The van der Waals surface area contributed by atoms with Crippen LogP contribution in [0.15, 0.2) is 99.4 Å². The van der Waals surface area contributed by atoms with Gasteiger partial charge in [0.25, 0.3) is 0 Å². The van der Waals surface area contributed by atoms with Crippen molar-refractivity contribution in [2.75, 3.05) is 24.6 Å². The van der Waals surface area contributed by atoms with E-state index in [9.17, 15) is 22.8 Å². The number of rotatable bonds is 7. The van der Waals surface area contributed by atoms with E-state index < -0.39 is 35.7 Å². The number of hydrogen-bond acceptors (Lipinski definition) is 10. The van der Waals surface area contributed by atoms with E-state index in [0.717, 1.165) is 36.4 Å². The highest BCUT2D eigenvalue weighted by molar-refractivity contribution is 6.19. The fourth-order valence-electron chi connectivity index (χ4n) is 5.84. The Morgan fingerprint density at radius 2 is 1.98 bits per heavy atom. The number of carbonyl (C=O) groups is 3. The third-order valence-corrected chi connectivity index (χ3v) is 8.40. The molecule has 7 rings (SSSR count). The van der Waals surface area contributed by atoms with Gasteiger partial charge in [-0.2, -0.15) is 13.2 Å². The summed E-state index contributed by atoms with van der Waals surface area (Å²) in [5, 5.41) is 10.2. The van der Waals surface area contributed by atoms with Gasteiger partial charge >= 0.3 is 24.2 Å². The predicted octanol–water partition coefficient (Wildman–Crippen LogP) is 5.12. The smallest absolute Gasteiger partial charge is 0.475 e. The molecule has 2 saturated heterocycles. The van der Waals surface area contributed by atoms with Gasteiger partial charge in [0.1, 0.15) is 24.0 Å². The number of carboxylic acid groups (broad SMARTS) is 1. The minimum absolute atomic E-state index is 0.0483. The summed E-state index contributed by atoms with van der Waals surface area (Å²) in [7, 11) is 0. The summed E-state index contributed by atoms with van der Waals surface area (Å²) < 4.78 is 57.8.